The Hall–Kier alpha value is -2.50. The monoisotopic (exact) mass is 417 g/mol. The van der Waals surface area contributed by atoms with E-state index in [1.165, 1.54) is 25.0 Å². The average molecular weight is 418 g/mol. The number of hydrogen-bond donors (Lipinski definition) is 2. The van der Waals surface area contributed by atoms with Gasteiger partial charge in [-0.15, -0.1) is 0 Å². The zero-order chi connectivity index (χ0) is 21.6. The molecule has 2 aromatic carbocycles. The van der Waals surface area contributed by atoms with Crippen LogP contribution in [0.3, 0.4) is 0 Å². The number of fused-ring (bicyclic) bond motifs is 1. The van der Waals surface area contributed by atoms with Gasteiger partial charge in [0.25, 0.3) is 0 Å². The Morgan fingerprint density at radius 3 is 2.23 bits per heavy atom. The lowest BCUT2D eigenvalue weighted by Gasteiger charge is -2.41. The number of aliphatic imine (C=N–C) groups is 1. The van der Waals surface area contributed by atoms with Gasteiger partial charge >= 0.3 is 6.18 Å². The van der Waals surface area contributed by atoms with Crippen LogP contribution in [0.5, 0.6) is 0 Å². The minimum atomic E-state index is -4.34. The maximum Gasteiger partial charge on any atom is 0.416 e. The van der Waals surface area contributed by atoms with Crippen LogP contribution >= 0.6 is 0 Å². The lowest BCUT2D eigenvalue weighted by Crippen LogP contribution is -2.52. The lowest BCUT2D eigenvalue weighted by molar-refractivity contribution is -0.137. The first-order chi connectivity index (χ1) is 14.5. The van der Waals surface area contributed by atoms with Crippen molar-refractivity contribution in [2.24, 2.45) is 4.99 Å². The topological polar surface area (TPSA) is 36.4 Å². The molecule has 0 bridgehead atoms. The summed E-state index contributed by atoms with van der Waals surface area (Å²) >= 11 is 0. The van der Waals surface area contributed by atoms with Gasteiger partial charge in [-0.3, -0.25) is 4.99 Å². The Bertz CT molecular complexity index is 866. The fraction of sp³-hybridized carbons (Fsp3) is 0.458. The van der Waals surface area contributed by atoms with E-state index in [2.05, 4.69) is 16.7 Å². The van der Waals surface area contributed by atoms with Gasteiger partial charge < -0.3 is 10.6 Å². The molecule has 1 fully saturated rings. The average Bonchev–Trinajstić information content (AvgIpc) is 2.99. The van der Waals surface area contributed by atoms with Crippen molar-refractivity contribution in [2.45, 2.75) is 70.6 Å². The SMILES string of the molecule is CC.FC(F)(F)c1cccc(CN=C2Nc3ccccc3NC23CCCCCC3)c1. The van der Waals surface area contributed by atoms with Crippen molar-refractivity contribution in [3.05, 3.63) is 59.7 Å². The van der Waals surface area contributed by atoms with Crippen molar-refractivity contribution in [2.75, 3.05) is 10.6 Å². The molecule has 162 valence electrons. The van der Waals surface area contributed by atoms with E-state index in [4.69, 9.17) is 4.99 Å². The molecule has 30 heavy (non-hydrogen) atoms. The third-order valence-electron chi connectivity index (χ3n) is 5.64. The maximum absolute atomic E-state index is 13.0. The second-order valence-electron chi connectivity index (χ2n) is 7.65. The summed E-state index contributed by atoms with van der Waals surface area (Å²) in [5.74, 6) is 0.838. The molecule has 1 aliphatic heterocycles. The molecular weight excluding hydrogens is 387 g/mol. The third kappa shape index (κ3) is 4.97. The minimum absolute atomic E-state index is 0.220. The Kier molecular flexibility index (Phi) is 7.06. The number of amidine groups is 1. The lowest BCUT2D eigenvalue weighted by atomic mass is 9.86. The molecule has 1 saturated carbocycles. The minimum Gasteiger partial charge on any atom is -0.371 e. The highest BCUT2D eigenvalue weighted by Gasteiger charge is 2.40. The molecular formula is C24H30F3N3. The summed E-state index contributed by atoms with van der Waals surface area (Å²) in [7, 11) is 0. The zero-order valence-electron chi connectivity index (χ0n) is 17.6. The largest absolute Gasteiger partial charge is 0.416 e. The number of rotatable bonds is 2. The van der Waals surface area contributed by atoms with Gasteiger partial charge in [0.2, 0.25) is 0 Å². The standard InChI is InChI=1S/C22H24F3N3.C2H6/c23-22(24,25)17-9-7-8-16(14-17)15-26-20-21(12-5-1-2-6-13-21)28-19-11-4-3-10-18(19)27-20;1-2/h3-4,7-11,14,28H,1-2,5-6,12-13,15H2,(H,26,27);1-2H3. The van der Waals surface area contributed by atoms with E-state index in [1.807, 2.05) is 32.0 Å². The zero-order valence-corrected chi connectivity index (χ0v) is 17.6. The third-order valence-corrected chi connectivity index (χ3v) is 5.64. The summed E-state index contributed by atoms with van der Waals surface area (Å²) < 4.78 is 39.0. The quantitative estimate of drug-likeness (QED) is 0.539. The molecule has 4 rings (SSSR count). The number of alkyl halides is 3. The van der Waals surface area contributed by atoms with Crippen LogP contribution in [0.15, 0.2) is 53.5 Å². The molecule has 0 aromatic heterocycles. The first-order valence-corrected chi connectivity index (χ1v) is 10.8. The molecule has 2 aliphatic rings. The molecule has 0 radical (unpaired) electrons. The Labute approximate surface area is 176 Å². The molecule has 2 aromatic rings. The molecule has 3 nitrogen and oxygen atoms in total. The predicted molar refractivity (Wildman–Crippen MR) is 118 cm³/mol. The number of nitrogens with one attached hydrogen (secondary N) is 2. The van der Waals surface area contributed by atoms with Crippen LogP contribution in [-0.4, -0.2) is 11.4 Å². The van der Waals surface area contributed by atoms with Crippen molar-refractivity contribution >= 4 is 17.2 Å². The number of anilines is 2. The number of halogens is 3. The fourth-order valence-corrected chi connectivity index (χ4v) is 4.17. The van der Waals surface area contributed by atoms with E-state index in [1.54, 1.807) is 6.07 Å². The molecule has 0 unspecified atom stereocenters. The van der Waals surface area contributed by atoms with Gasteiger partial charge in [0, 0.05) is 0 Å². The summed E-state index contributed by atoms with van der Waals surface area (Å²) in [4.78, 5) is 4.77. The van der Waals surface area contributed by atoms with Gasteiger partial charge in [0.1, 0.15) is 5.84 Å². The van der Waals surface area contributed by atoms with Crippen LogP contribution in [0.1, 0.15) is 63.5 Å². The Balaban J connectivity index is 0.00000124. The molecule has 0 amide bonds. The van der Waals surface area contributed by atoms with Crippen LogP contribution in [0.2, 0.25) is 0 Å². The van der Waals surface area contributed by atoms with Crippen LogP contribution in [0.4, 0.5) is 24.5 Å². The smallest absolute Gasteiger partial charge is 0.371 e. The highest BCUT2D eigenvalue weighted by Crippen LogP contribution is 2.39. The van der Waals surface area contributed by atoms with Crippen molar-refractivity contribution in [3.8, 4) is 0 Å². The second-order valence-corrected chi connectivity index (χ2v) is 7.65. The number of benzene rings is 2. The summed E-state index contributed by atoms with van der Waals surface area (Å²) in [5, 5.41) is 7.17. The molecule has 2 N–H and O–H groups in total. The van der Waals surface area contributed by atoms with Crippen molar-refractivity contribution in [1.82, 2.24) is 0 Å². The maximum atomic E-state index is 13.0. The second kappa shape index (κ2) is 9.54. The van der Waals surface area contributed by atoms with E-state index >= 15 is 0 Å². The molecule has 0 atom stereocenters. The van der Waals surface area contributed by atoms with Crippen molar-refractivity contribution in [1.29, 1.82) is 0 Å². The first-order valence-electron chi connectivity index (χ1n) is 10.8. The number of hydrogen-bond acceptors (Lipinski definition) is 2. The van der Waals surface area contributed by atoms with Crippen LogP contribution in [0.25, 0.3) is 0 Å². The van der Waals surface area contributed by atoms with Crippen molar-refractivity contribution in [3.63, 3.8) is 0 Å². The molecule has 0 saturated heterocycles. The fourth-order valence-electron chi connectivity index (χ4n) is 4.17. The summed E-state index contributed by atoms with van der Waals surface area (Å²) in [6, 6.07) is 13.4. The highest BCUT2D eigenvalue weighted by atomic mass is 19.4. The number of para-hydroxylation sites is 2. The summed E-state index contributed by atoms with van der Waals surface area (Å²) in [6.45, 7) is 4.22. The van der Waals surface area contributed by atoms with E-state index in [0.29, 0.717) is 5.56 Å². The number of nitrogens with zero attached hydrogens (tertiary/aromatic N) is 1. The van der Waals surface area contributed by atoms with E-state index in [9.17, 15) is 13.2 Å². The van der Waals surface area contributed by atoms with Crippen LogP contribution in [0, 0.1) is 0 Å². The van der Waals surface area contributed by atoms with E-state index < -0.39 is 11.7 Å². The van der Waals surface area contributed by atoms with Crippen LogP contribution in [-0.2, 0) is 12.7 Å². The Morgan fingerprint density at radius 1 is 0.900 bits per heavy atom. The molecule has 1 aliphatic carbocycles. The van der Waals surface area contributed by atoms with Crippen LogP contribution < -0.4 is 10.6 Å². The van der Waals surface area contributed by atoms with Gasteiger partial charge in [0.05, 0.1) is 29.0 Å². The molecule has 1 spiro atoms. The van der Waals surface area contributed by atoms with E-state index in [0.717, 1.165) is 49.0 Å². The van der Waals surface area contributed by atoms with Crippen molar-refractivity contribution < 1.29 is 13.2 Å². The first kappa shape index (κ1) is 22.2. The highest BCUT2D eigenvalue weighted by molar-refractivity contribution is 6.09. The van der Waals surface area contributed by atoms with E-state index in [-0.39, 0.29) is 12.1 Å². The van der Waals surface area contributed by atoms with Gasteiger partial charge in [-0.1, -0.05) is 63.8 Å². The van der Waals surface area contributed by atoms with Gasteiger partial charge in [0.15, 0.2) is 0 Å². The normalized spacial score (nSPS) is 19.0. The van der Waals surface area contributed by atoms with Gasteiger partial charge in [-0.25, -0.2) is 0 Å². The molecule has 1 heterocycles. The van der Waals surface area contributed by atoms with Gasteiger partial charge in [-0.05, 0) is 42.7 Å². The van der Waals surface area contributed by atoms with Gasteiger partial charge in [-0.2, -0.15) is 13.2 Å². The summed E-state index contributed by atoms with van der Waals surface area (Å²) in [6.07, 6.45) is 2.22. The Morgan fingerprint density at radius 2 is 1.57 bits per heavy atom. The predicted octanol–water partition coefficient (Wildman–Crippen LogP) is 7.26. The summed E-state index contributed by atoms with van der Waals surface area (Å²) in [5.41, 5.74) is 1.68. The molecule has 6 heteroatoms.